The average molecular weight is 402 g/mol. The van der Waals surface area contributed by atoms with E-state index in [1.54, 1.807) is 18.2 Å². The normalized spacial score (nSPS) is 15.6. The molecule has 0 aliphatic carbocycles. The summed E-state index contributed by atoms with van der Waals surface area (Å²) < 4.78 is 0. The Kier molecular flexibility index (Phi) is 5.77. The Balaban J connectivity index is 1.66. The molecular formula is C24H26N4O2. The molecule has 1 aromatic heterocycles. The fourth-order valence-corrected chi connectivity index (χ4v) is 4.13. The van der Waals surface area contributed by atoms with E-state index in [-0.39, 0.29) is 17.5 Å². The van der Waals surface area contributed by atoms with Crippen LogP contribution >= 0.6 is 0 Å². The molecule has 0 radical (unpaired) electrons. The third kappa shape index (κ3) is 4.04. The molecule has 0 bridgehead atoms. The predicted octanol–water partition coefficient (Wildman–Crippen LogP) is 4.12. The molecule has 0 fully saturated rings. The first-order valence-electron chi connectivity index (χ1n) is 10.4. The number of nitrogens with zero attached hydrogens (tertiary/aromatic N) is 2. The van der Waals surface area contributed by atoms with Crippen LogP contribution in [0.5, 0.6) is 0 Å². The van der Waals surface area contributed by atoms with E-state index < -0.39 is 0 Å². The van der Waals surface area contributed by atoms with Gasteiger partial charge in [0, 0.05) is 20.0 Å². The number of benzene rings is 2. The molecule has 1 atom stereocenters. The zero-order chi connectivity index (χ0) is 21.1. The predicted molar refractivity (Wildman–Crippen MR) is 120 cm³/mol. The Morgan fingerprint density at radius 3 is 2.67 bits per heavy atom. The van der Waals surface area contributed by atoms with Gasteiger partial charge in [0.25, 0.3) is 5.56 Å². The highest BCUT2D eigenvalue weighted by Gasteiger charge is 2.24. The largest absolute Gasteiger partial charge is 0.324 e. The summed E-state index contributed by atoms with van der Waals surface area (Å²) in [6.07, 6.45) is 4.05. The molecule has 154 valence electrons. The number of hydrogen-bond acceptors (Lipinski definition) is 4. The Morgan fingerprint density at radius 2 is 2.00 bits per heavy atom. The van der Waals surface area contributed by atoms with Crippen molar-refractivity contribution in [1.82, 2.24) is 14.9 Å². The number of carbonyl (C=O) groups is 1. The van der Waals surface area contributed by atoms with Crippen molar-refractivity contribution in [2.75, 3.05) is 18.4 Å². The number of nitrogens with one attached hydrogen (secondary N) is 2. The summed E-state index contributed by atoms with van der Waals surface area (Å²) in [5.41, 5.74) is 3.53. The first kappa shape index (κ1) is 20.0. The topological polar surface area (TPSA) is 78.1 Å². The monoisotopic (exact) mass is 402 g/mol. The Bertz CT molecular complexity index is 1150. The molecule has 6 heteroatoms. The van der Waals surface area contributed by atoms with Crippen molar-refractivity contribution in [3.63, 3.8) is 0 Å². The molecule has 2 aromatic carbocycles. The number of amides is 1. The van der Waals surface area contributed by atoms with E-state index in [2.05, 4.69) is 52.5 Å². The van der Waals surface area contributed by atoms with E-state index in [4.69, 9.17) is 4.98 Å². The summed E-state index contributed by atoms with van der Waals surface area (Å²) in [5.74, 6) is 0.456. The lowest BCUT2D eigenvalue weighted by Crippen LogP contribution is -2.34. The Morgan fingerprint density at radius 1 is 1.20 bits per heavy atom. The first-order valence-corrected chi connectivity index (χ1v) is 10.4. The zero-order valence-electron chi connectivity index (χ0n) is 17.3. The van der Waals surface area contributed by atoms with E-state index in [9.17, 15) is 9.59 Å². The summed E-state index contributed by atoms with van der Waals surface area (Å²) in [6, 6.07) is 15.7. The molecule has 2 heterocycles. The van der Waals surface area contributed by atoms with Crippen molar-refractivity contribution >= 4 is 28.1 Å². The van der Waals surface area contributed by atoms with Gasteiger partial charge in [0.2, 0.25) is 5.91 Å². The van der Waals surface area contributed by atoms with Crippen molar-refractivity contribution in [3.05, 3.63) is 76.3 Å². The minimum Gasteiger partial charge on any atom is -0.324 e. The van der Waals surface area contributed by atoms with Crippen molar-refractivity contribution in [2.24, 2.45) is 0 Å². The number of para-hydroxylation sites is 1. The number of H-pyrrole nitrogens is 1. The standard InChI is InChI=1S/C24H26N4O2/c1-3-21(28-14-12-18(13-15-28)17-8-5-4-6-9-17)23-26-22-19(24(30)27-23)10-7-11-20(22)25-16(2)29/h4-12,21H,3,13-15H2,1-2H3,(H,25,29)(H,26,27,30). The summed E-state index contributed by atoms with van der Waals surface area (Å²) in [5, 5.41) is 3.26. The molecule has 1 amide bonds. The van der Waals surface area contributed by atoms with Gasteiger partial charge in [-0.2, -0.15) is 0 Å². The van der Waals surface area contributed by atoms with Crippen LogP contribution in [0.25, 0.3) is 16.5 Å². The number of hydrogen-bond donors (Lipinski definition) is 2. The van der Waals surface area contributed by atoms with Gasteiger partial charge in [0.15, 0.2) is 0 Å². The SMILES string of the molecule is CCC(c1nc2c(NC(C)=O)cccc2c(=O)[nH]1)N1CC=C(c2ccccc2)CC1. The lowest BCUT2D eigenvalue weighted by atomic mass is 9.98. The molecule has 1 unspecified atom stereocenters. The molecular weight excluding hydrogens is 376 g/mol. The van der Waals surface area contributed by atoms with Crippen molar-refractivity contribution in [3.8, 4) is 0 Å². The minimum atomic E-state index is -0.187. The van der Waals surface area contributed by atoms with Crippen LogP contribution < -0.4 is 10.9 Å². The number of rotatable bonds is 5. The lowest BCUT2D eigenvalue weighted by Gasteiger charge is -2.33. The van der Waals surface area contributed by atoms with Crippen LogP contribution in [0.2, 0.25) is 0 Å². The van der Waals surface area contributed by atoms with Gasteiger partial charge in [-0.15, -0.1) is 0 Å². The van der Waals surface area contributed by atoms with Crippen LogP contribution in [0.1, 0.15) is 44.1 Å². The van der Waals surface area contributed by atoms with Crippen LogP contribution in [-0.4, -0.2) is 33.9 Å². The maximum Gasteiger partial charge on any atom is 0.258 e. The van der Waals surface area contributed by atoms with Crippen LogP contribution in [0.3, 0.4) is 0 Å². The highest BCUT2D eigenvalue weighted by molar-refractivity contribution is 5.99. The van der Waals surface area contributed by atoms with Gasteiger partial charge in [-0.1, -0.05) is 49.4 Å². The lowest BCUT2D eigenvalue weighted by molar-refractivity contribution is -0.114. The second kappa shape index (κ2) is 8.63. The third-order valence-electron chi connectivity index (χ3n) is 5.59. The smallest absolute Gasteiger partial charge is 0.258 e. The first-order chi connectivity index (χ1) is 14.6. The van der Waals surface area contributed by atoms with Crippen LogP contribution in [0.15, 0.2) is 59.4 Å². The number of anilines is 1. The van der Waals surface area contributed by atoms with Crippen LogP contribution in [0, 0.1) is 0 Å². The van der Waals surface area contributed by atoms with Crippen molar-refractivity contribution < 1.29 is 4.79 Å². The summed E-state index contributed by atoms with van der Waals surface area (Å²) in [7, 11) is 0. The van der Waals surface area contributed by atoms with E-state index in [1.165, 1.54) is 18.1 Å². The number of carbonyl (C=O) groups excluding carboxylic acids is 1. The van der Waals surface area contributed by atoms with E-state index in [0.717, 1.165) is 25.9 Å². The van der Waals surface area contributed by atoms with Gasteiger partial charge in [0.05, 0.1) is 17.1 Å². The molecule has 6 nitrogen and oxygen atoms in total. The summed E-state index contributed by atoms with van der Waals surface area (Å²) in [6.45, 7) is 5.25. The van der Waals surface area contributed by atoms with E-state index in [0.29, 0.717) is 22.4 Å². The molecule has 0 saturated heterocycles. The van der Waals surface area contributed by atoms with Gasteiger partial charge in [-0.05, 0) is 36.1 Å². The summed E-state index contributed by atoms with van der Waals surface area (Å²) in [4.78, 5) is 34.4. The number of aromatic nitrogens is 2. The third-order valence-corrected chi connectivity index (χ3v) is 5.59. The molecule has 3 aromatic rings. The zero-order valence-corrected chi connectivity index (χ0v) is 17.3. The molecule has 2 N–H and O–H groups in total. The Labute approximate surface area is 175 Å². The highest BCUT2D eigenvalue weighted by atomic mass is 16.1. The van der Waals surface area contributed by atoms with E-state index in [1.807, 2.05) is 6.07 Å². The molecule has 1 aliphatic rings. The second-order valence-electron chi connectivity index (χ2n) is 7.60. The maximum atomic E-state index is 12.7. The van der Waals surface area contributed by atoms with Crippen LogP contribution in [-0.2, 0) is 4.79 Å². The van der Waals surface area contributed by atoms with Gasteiger partial charge in [0.1, 0.15) is 11.3 Å². The molecule has 4 rings (SSSR count). The molecule has 0 spiro atoms. The van der Waals surface area contributed by atoms with Gasteiger partial charge in [-0.25, -0.2) is 4.98 Å². The number of fused-ring (bicyclic) bond motifs is 1. The molecule has 1 aliphatic heterocycles. The average Bonchev–Trinajstić information content (AvgIpc) is 2.76. The van der Waals surface area contributed by atoms with Gasteiger partial charge < -0.3 is 10.3 Å². The van der Waals surface area contributed by atoms with Crippen LogP contribution in [0.4, 0.5) is 5.69 Å². The van der Waals surface area contributed by atoms with Crippen molar-refractivity contribution in [2.45, 2.75) is 32.7 Å². The molecule has 30 heavy (non-hydrogen) atoms. The molecule has 0 saturated carbocycles. The maximum absolute atomic E-state index is 12.7. The van der Waals surface area contributed by atoms with Gasteiger partial charge in [-0.3, -0.25) is 14.5 Å². The second-order valence-corrected chi connectivity index (χ2v) is 7.60. The number of aromatic amines is 1. The minimum absolute atomic E-state index is 0.000979. The van der Waals surface area contributed by atoms with Crippen molar-refractivity contribution in [1.29, 1.82) is 0 Å². The quantitative estimate of drug-likeness (QED) is 0.673. The summed E-state index contributed by atoms with van der Waals surface area (Å²) >= 11 is 0. The highest BCUT2D eigenvalue weighted by Crippen LogP contribution is 2.29. The fraction of sp³-hybridized carbons (Fsp3) is 0.292. The van der Waals surface area contributed by atoms with E-state index >= 15 is 0 Å². The van der Waals surface area contributed by atoms with Gasteiger partial charge >= 0.3 is 0 Å². The fourth-order valence-electron chi connectivity index (χ4n) is 4.13. The Hall–Kier alpha value is -3.25.